The van der Waals surface area contributed by atoms with Gasteiger partial charge in [-0.15, -0.1) is 13.2 Å². The lowest BCUT2D eigenvalue weighted by molar-refractivity contribution is -0.274. The summed E-state index contributed by atoms with van der Waals surface area (Å²) in [5.74, 6) is -0.851. The van der Waals surface area contributed by atoms with Crippen LogP contribution >= 0.6 is 0 Å². The fourth-order valence-electron chi connectivity index (χ4n) is 3.28. The Labute approximate surface area is 177 Å². The maximum atomic E-state index is 12.5. The summed E-state index contributed by atoms with van der Waals surface area (Å²) in [6.45, 7) is 3.66. The minimum Gasteiger partial charge on any atom is -0.406 e. The third kappa shape index (κ3) is 7.12. The van der Waals surface area contributed by atoms with Gasteiger partial charge in [-0.25, -0.2) is 0 Å². The highest BCUT2D eigenvalue weighted by molar-refractivity contribution is 5.92. The van der Waals surface area contributed by atoms with Gasteiger partial charge >= 0.3 is 6.36 Å². The number of anilines is 1. The van der Waals surface area contributed by atoms with Gasteiger partial charge in [0.05, 0.1) is 6.54 Å². The number of carbonyl (C=O) groups excluding carboxylic acids is 3. The molecule has 0 radical (unpaired) electrons. The van der Waals surface area contributed by atoms with Gasteiger partial charge in [0.1, 0.15) is 11.8 Å². The third-order valence-electron chi connectivity index (χ3n) is 5.10. The molecule has 170 valence electrons. The number of ether oxygens (including phenoxy) is 1. The highest BCUT2D eigenvalue weighted by atomic mass is 19.4. The molecule has 1 saturated heterocycles. The van der Waals surface area contributed by atoms with E-state index in [0.29, 0.717) is 31.9 Å². The Balaban J connectivity index is 1.39. The van der Waals surface area contributed by atoms with Gasteiger partial charge in [0.2, 0.25) is 17.7 Å². The van der Waals surface area contributed by atoms with Crippen molar-refractivity contribution in [2.75, 3.05) is 38.0 Å². The monoisotopic (exact) mass is 442 g/mol. The van der Waals surface area contributed by atoms with Crippen LogP contribution in [0.3, 0.4) is 0 Å². The Hall–Kier alpha value is -2.82. The zero-order valence-electron chi connectivity index (χ0n) is 17.1. The number of nitrogens with zero attached hydrogens (tertiary/aromatic N) is 2. The quantitative estimate of drug-likeness (QED) is 0.669. The molecular weight excluding hydrogens is 417 g/mol. The van der Waals surface area contributed by atoms with Crippen LogP contribution in [0, 0.1) is 5.92 Å². The van der Waals surface area contributed by atoms with Gasteiger partial charge in [0.15, 0.2) is 0 Å². The van der Waals surface area contributed by atoms with Crippen LogP contribution in [0.25, 0.3) is 0 Å². The average molecular weight is 442 g/mol. The van der Waals surface area contributed by atoms with E-state index in [1.807, 2.05) is 4.90 Å². The number of benzene rings is 1. The van der Waals surface area contributed by atoms with Crippen molar-refractivity contribution in [3.8, 4) is 5.75 Å². The maximum Gasteiger partial charge on any atom is 0.573 e. The summed E-state index contributed by atoms with van der Waals surface area (Å²) >= 11 is 0. The van der Waals surface area contributed by atoms with Gasteiger partial charge in [-0.05, 0) is 44.0 Å². The molecule has 0 spiro atoms. The highest BCUT2D eigenvalue weighted by Crippen LogP contribution is 2.29. The molecule has 2 N–H and O–H groups in total. The van der Waals surface area contributed by atoms with E-state index in [1.165, 1.54) is 12.1 Å². The molecule has 1 aromatic carbocycles. The van der Waals surface area contributed by atoms with Crippen molar-refractivity contribution in [2.45, 2.75) is 32.2 Å². The largest absolute Gasteiger partial charge is 0.573 e. The number of nitrogens with one attached hydrogen (secondary N) is 2. The minimum atomic E-state index is -4.77. The summed E-state index contributed by atoms with van der Waals surface area (Å²) in [6.07, 6.45) is -3.02. The lowest BCUT2D eigenvalue weighted by Crippen LogP contribution is -2.55. The van der Waals surface area contributed by atoms with Gasteiger partial charge in [-0.2, -0.15) is 0 Å². The first-order chi connectivity index (χ1) is 14.6. The molecule has 1 atom stereocenters. The molecule has 2 aliphatic rings. The zero-order chi connectivity index (χ0) is 22.6. The van der Waals surface area contributed by atoms with E-state index in [1.54, 1.807) is 11.8 Å². The van der Waals surface area contributed by atoms with Gasteiger partial charge in [-0.3, -0.25) is 19.3 Å². The van der Waals surface area contributed by atoms with Crippen molar-refractivity contribution in [2.24, 2.45) is 5.92 Å². The predicted molar refractivity (Wildman–Crippen MR) is 105 cm³/mol. The van der Waals surface area contributed by atoms with E-state index in [4.69, 9.17) is 0 Å². The van der Waals surface area contributed by atoms with Crippen LogP contribution in [0.5, 0.6) is 5.75 Å². The molecule has 1 saturated carbocycles. The molecule has 0 aromatic heterocycles. The Morgan fingerprint density at radius 2 is 1.71 bits per heavy atom. The first-order valence-electron chi connectivity index (χ1n) is 10.1. The first-order valence-corrected chi connectivity index (χ1v) is 10.1. The summed E-state index contributed by atoms with van der Waals surface area (Å²) in [5.41, 5.74) is 0.355. The standard InChI is InChI=1S/C20H25F3N4O4/c1-13(24-18(29)14-2-3-14)19(30)27-10-8-26(9-11-27)12-17(28)25-15-4-6-16(7-5-15)31-20(21,22)23/h4-7,13-14H,2-3,8-12H2,1H3,(H,24,29)(H,25,28)/t13-/m1/s1. The second kappa shape index (κ2) is 9.54. The van der Waals surface area contributed by atoms with Crippen molar-refractivity contribution in [1.29, 1.82) is 0 Å². The summed E-state index contributed by atoms with van der Waals surface area (Å²) in [4.78, 5) is 40.1. The van der Waals surface area contributed by atoms with E-state index in [9.17, 15) is 27.6 Å². The number of rotatable bonds is 7. The second-order valence-corrected chi connectivity index (χ2v) is 7.73. The summed E-state index contributed by atoms with van der Waals surface area (Å²) in [5, 5.41) is 5.37. The van der Waals surface area contributed by atoms with Crippen molar-refractivity contribution in [3.63, 3.8) is 0 Å². The number of hydrogen-bond acceptors (Lipinski definition) is 5. The van der Waals surface area contributed by atoms with Crippen LogP contribution in [0.4, 0.5) is 18.9 Å². The Morgan fingerprint density at radius 3 is 2.26 bits per heavy atom. The summed E-state index contributed by atoms with van der Waals surface area (Å²) < 4.78 is 40.3. The van der Waals surface area contributed by atoms with Crippen LogP contribution in [-0.2, 0) is 14.4 Å². The van der Waals surface area contributed by atoms with E-state index < -0.39 is 12.4 Å². The smallest absolute Gasteiger partial charge is 0.406 e. The van der Waals surface area contributed by atoms with Crippen LogP contribution in [0.1, 0.15) is 19.8 Å². The number of halogens is 3. The maximum absolute atomic E-state index is 12.5. The number of alkyl halides is 3. The van der Waals surface area contributed by atoms with Gasteiger partial charge < -0.3 is 20.3 Å². The molecule has 3 rings (SSSR count). The Kier molecular flexibility index (Phi) is 7.04. The Morgan fingerprint density at radius 1 is 1.10 bits per heavy atom. The van der Waals surface area contributed by atoms with Gasteiger partial charge in [-0.1, -0.05) is 0 Å². The highest BCUT2D eigenvalue weighted by Gasteiger charge is 2.33. The normalized spacial score (nSPS) is 18.3. The van der Waals surface area contributed by atoms with Crippen molar-refractivity contribution < 1.29 is 32.3 Å². The fraction of sp³-hybridized carbons (Fsp3) is 0.550. The molecule has 8 nitrogen and oxygen atoms in total. The third-order valence-corrected chi connectivity index (χ3v) is 5.10. The van der Waals surface area contributed by atoms with E-state index in [2.05, 4.69) is 15.4 Å². The molecule has 11 heteroatoms. The molecule has 3 amide bonds. The summed E-state index contributed by atoms with van der Waals surface area (Å²) in [7, 11) is 0. The SMILES string of the molecule is C[C@@H](NC(=O)C1CC1)C(=O)N1CCN(CC(=O)Nc2ccc(OC(F)(F)F)cc2)CC1. The minimum absolute atomic E-state index is 0.0407. The van der Waals surface area contributed by atoms with Gasteiger partial charge in [0.25, 0.3) is 0 Å². The molecular formula is C20H25F3N4O4. The fourth-order valence-corrected chi connectivity index (χ4v) is 3.28. The molecule has 1 aliphatic carbocycles. The molecule has 1 aliphatic heterocycles. The first kappa shape index (κ1) is 22.9. The molecule has 31 heavy (non-hydrogen) atoms. The van der Waals surface area contributed by atoms with Crippen LogP contribution in [0.15, 0.2) is 24.3 Å². The van der Waals surface area contributed by atoms with Crippen LogP contribution < -0.4 is 15.4 Å². The number of piperazine rings is 1. The topological polar surface area (TPSA) is 91.0 Å². The summed E-state index contributed by atoms with van der Waals surface area (Å²) in [6, 6.07) is 4.32. The molecule has 0 bridgehead atoms. The molecule has 0 unspecified atom stereocenters. The van der Waals surface area contributed by atoms with E-state index >= 15 is 0 Å². The Bertz CT molecular complexity index is 804. The number of amides is 3. The lowest BCUT2D eigenvalue weighted by Gasteiger charge is -2.35. The second-order valence-electron chi connectivity index (χ2n) is 7.73. The van der Waals surface area contributed by atoms with Crippen molar-refractivity contribution >= 4 is 23.4 Å². The zero-order valence-corrected chi connectivity index (χ0v) is 17.1. The van der Waals surface area contributed by atoms with Gasteiger partial charge in [0, 0.05) is 37.8 Å². The van der Waals surface area contributed by atoms with Crippen LogP contribution in [0.2, 0.25) is 0 Å². The van der Waals surface area contributed by atoms with E-state index in [-0.39, 0.29) is 35.9 Å². The number of hydrogen-bond donors (Lipinski definition) is 2. The number of carbonyl (C=O) groups is 3. The predicted octanol–water partition coefficient (Wildman–Crippen LogP) is 1.58. The molecule has 2 fully saturated rings. The van der Waals surface area contributed by atoms with E-state index in [0.717, 1.165) is 25.0 Å². The lowest BCUT2D eigenvalue weighted by atomic mass is 10.2. The van der Waals surface area contributed by atoms with Crippen molar-refractivity contribution in [3.05, 3.63) is 24.3 Å². The molecule has 1 heterocycles. The average Bonchev–Trinajstić information content (AvgIpc) is 3.54. The van der Waals surface area contributed by atoms with Crippen LogP contribution in [-0.4, -0.2) is 72.6 Å². The van der Waals surface area contributed by atoms with Crippen molar-refractivity contribution in [1.82, 2.24) is 15.1 Å². The molecule has 1 aromatic rings.